The molecule has 1 aliphatic rings. The lowest BCUT2D eigenvalue weighted by Gasteiger charge is -2.25. The van der Waals surface area contributed by atoms with Crippen LogP contribution in [0.2, 0.25) is 0 Å². The van der Waals surface area contributed by atoms with Crippen molar-refractivity contribution >= 4 is 17.0 Å². The first-order valence-corrected chi connectivity index (χ1v) is 8.75. The number of anilines is 1. The number of nitrogens with zero attached hydrogens (tertiary/aromatic N) is 1. The lowest BCUT2D eigenvalue weighted by molar-refractivity contribution is 0.723. The van der Waals surface area contributed by atoms with Gasteiger partial charge in [-0.25, -0.2) is 0 Å². The zero-order valence-electron chi connectivity index (χ0n) is 12.9. The molecule has 0 bridgehead atoms. The molecule has 0 saturated heterocycles. The lowest BCUT2D eigenvalue weighted by atomic mass is 10.1. The van der Waals surface area contributed by atoms with E-state index in [1.54, 1.807) is 0 Å². The van der Waals surface area contributed by atoms with Gasteiger partial charge in [-0.15, -0.1) is 11.3 Å². The minimum atomic E-state index is 0.742. The molecule has 1 aromatic heterocycles. The lowest BCUT2D eigenvalue weighted by Crippen LogP contribution is -2.24. The smallest absolute Gasteiger partial charge is 0.0525 e. The van der Waals surface area contributed by atoms with Crippen LogP contribution in [0.3, 0.4) is 0 Å². The highest BCUT2D eigenvalue weighted by atomic mass is 32.1. The Morgan fingerprint density at radius 3 is 2.76 bits per heavy atom. The summed E-state index contributed by atoms with van der Waals surface area (Å²) in [4.78, 5) is 4.03. The average Bonchev–Trinajstić information content (AvgIpc) is 3.20. The Hall–Kier alpha value is -1.32. The van der Waals surface area contributed by atoms with E-state index in [2.05, 4.69) is 59.8 Å². The van der Waals surface area contributed by atoms with Crippen molar-refractivity contribution in [2.75, 3.05) is 11.4 Å². The Bertz CT molecular complexity index is 573. The molecule has 1 N–H and O–H groups in total. The quantitative estimate of drug-likeness (QED) is 0.818. The van der Waals surface area contributed by atoms with Crippen LogP contribution in [0.1, 0.15) is 35.8 Å². The number of hydrogen-bond donors (Lipinski definition) is 1. The van der Waals surface area contributed by atoms with Crippen LogP contribution in [0.15, 0.2) is 35.7 Å². The van der Waals surface area contributed by atoms with Gasteiger partial charge in [0.25, 0.3) is 0 Å². The van der Waals surface area contributed by atoms with Crippen LogP contribution in [0, 0.1) is 6.92 Å². The van der Waals surface area contributed by atoms with Gasteiger partial charge in [0, 0.05) is 23.2 Å². The predicted octanol–water partition coefficient (Wildman–Crippen LogP) is 4.34. The number of rotatable bonds is 7. The second kappa shape index (κ2) is 6.63. The topological polar surface area (TPSA) is 15.3 Å². The summed E-state index contributed by atoms with van der Waals surface area (Å²) >= 11 is 1.86. The van der Waals surface area contributed by atoms with Gasteiger partial charge in [-0.2, -0.15) is 0 Å². The van der Waals surface area contributed by atoms with Gasteiger partial charge in [0.05, 0.1) is 6.54 Å². The van der Waals surface area contributed by atoms with E-state index >= 15 is 0 Å². The molecule has 21 heavy (non-hydrogen) atoms. The van der Waals surface area contributed by atoms with Crippen molar-refractivity contribution in [1.29, 1.82) is 0 Å². The molecular formula is C18H24N2S. The molecule has 0 amide bonds. The molecule has 3 heteroatoms. The summed E-state index contributed by atoms with van der Waals surface area (Å²) in [6.45, 7) is 7.42. The second-order valence-electron chi connectivity index (χ2n) is 5.83. The molecule has 3 rings (SSSR count). The monoisotopic (exact) mass is 300 g/mol. The van der Waals surface area contributed by atoms with E-state index in [-0.39, 0.29) is 0 Å². The average molecular weight is 300 g/mol. The molecule has 0 spiro atoms. The van der Waals surface area contributed by atoms with Crippen LogP contribution in [0.25, 0.3) is 0 Å². The summed E-state index contributed by atoms with van der Waals surface area (Å²) in [5.41, 5.74) is 4.18. The molecule has 0 radical (unpaired) electrons. The van der Waals surface area contributed by atoms with Gasteiger partial charge in [-0.3, -0.25) is 0 Å². The molecule has 1 fully saturated rings. The molecule has 1 aliphatic carbocycles. The van der Waals surface area contributed by atoms with Gasteiger partial charge in [-0.05, 0) is 61.0 Å². The Labute approximate surface area is 131 Å². The number of nitrogens with one attached hydrogen (secondary N) is 1. The summed E-state index contributed by atoms with van der Waals surface area (Å²) in [6, 6.07) is 12.1. The molecule has 112 valence electrons. The first kappa shape index (κ1) is 14.6. The van der Waals surface area contributed by atoms with Crippen LogP contribution in [0.5, 0.6) is 0 Å². The highest BCUT2D eigenvalue weighted by Crippen LogP contribution is 2.34. The SMILES string of the molecule is CCNCc1ccc(N(Cc2cccs2)C2CC2)cc1C. The minimum absolute atomic E-state index is 0.742. The molecule has 1 saturated carbocycles. The van der Waals surface area contributed by atoms with E-state index in [0.717, 1.165) is 25.7 Å². The van der Waals surface area contributed by atoms with E-state index < -0.39 is 0 Å². The largest absolute Gasteiger partial charge is 0.363 e. The highest BCUT2D eigenvalue weighted by Gasteiger charge is 2.29. The van der Waals surface area contributed by atoms with Gasteiger partial charge in [-0.1, -0.05) is 19.1 Å². The maximum absolute atomic E-state index is 3.41. The summed E-state index contributed by atoms with van der Waals surface area (Å²) in [7, 11) is 0. The van der Waals surface area contributed by atoms with Gasteiger partial charge < -0.3 is 10.2 Å². The summed E-state index contributed by atoms with van der Waals surface area (Å²) in [5, 5.41) is 5.59. The molecule has 0 atom stereocenters. The Kier molecular flexibility index (Phi) is 4.61. The maximum atomic E-state index is 3.41. The second-order valence-corrected chi connectivity index (χ2v) is 6.86. The van der Waals surface area contributed by atoms with E-state index in [1.807, 2.05) is 11.3 Å². The fourth-order valence-electron chi connectivity index (χ4n) is 2.70. The van der Waals surface area contributed by atoms with Gasteiger partial charge in [0.15, 0.2) is 0 Å². The first-order valence-electron chi connectivity index (χ1n) is 7.87. The maximum Gasteiger partial charge on any atom is 0.0525 e. The third-order valence-corrected chi connectivity index (χ3v) is 4.98. The Balaban J connectivity index is 1.77. The number of thiophene rings is 1. The van der Waals surface area contributed by atoms with Crippen LogP contribution in [-0.4, -0.2) is 12.6 Å². The van der Waals surface area contributed by atoms with Crippen molar-refractivity contribution in [1.82, 2.24) is 5.32 Å². The fraction of sp³-hybridized carbons (Fsp3) is 0.444. The van der Waals surface area contributed by atoms with Crippen molar-refractivity contribution in [2.24, 2.45) is 0 Å². The minimum Gasteiger partial charge on any atom is -0.363 e. The van der Waals surface area contributed by atoms with Crippen molar-refractivity contribution in [3.8, 4) is 0 Å². The summed E-state index contributed by atoms with van der Waals surface area (Å²) < 4.78 is 0. The first-order chi connectivity index (χ1) is 10.3. The molecule has 1 heterocycles. The van der Waals surface area contributed by atoms with E-state index in [9.17, 15) is 0 Å². The fourth-order valence-corrected chi connectivity index (χ4v) is 3.41. The van der Waals surface area contributed by atoms with Gasteiger partial charge in [0.2, 0.25) is 0 Å². The molecular weight excluding hydrogens is 276 g/mol. The van der Waals surface area contributed by atoms with Crippen LogP contribution < -0.4 is 10.2 Å². The summed E-state index contributed by atoms with van der Waals surface area (Å²) in [6.07, 6.45) is 2.67. The standard InChI is InChI=1S/C18H24N2S/c1-3-19-12-15-6-7-17(11-14(15)2)20(16-8-9-16)13-18-5-4-10-21-18/h4-7,10-11,16,19H,3,8-9,12-13H2,1-2H3. The third kappa shape index (κ3) is 3.66. The molecule has 2 nitrogen and oxygen atoms in total. The Morgan fingerprint density at radius 1 is 1.29 bits per heavy atom. The van der Waals surface area contributed by atoms with Crippen molar-refractivity contribution < 1.29 is 0 Å². The summed E-state index contributed by atoms with van der Waals surface area (Å²) in [5.74, 6) is 0. The van der Waals surface area contributed by atoms with Crippen molar-refractivity contribution in [2.45, 2.75) is 45.8 Å². The number of aryl methyl sites for hydroxylation is 1. The zero-order chi connectivity index (χ0) is 14.7. The van der Waals surface area contributed by atoms with Gasteiger partial charge in [0.1, 0.15) is 0 Å². The van der Waals surface area contributed by atoms with Crippen LogP contribution in [0.4, 0.5) is 5.69 Å². The van der Waals surface area contributed by atoms with Crippen molar-refractivity contribution in [3.63, 3.8) is 0 Å². The van der Waals surface area contributed by atoms with Gasteiger partial charge >= 0.3 is 0 Å². The molecule has 2 aromatic rings. The molecule has 0 aliphatic heterocycles. The van der Waals surface area contributed by atoms with Crippen LogP contribution >= 0.6 is 11.3 Å². The van der Waals surface area contributed by atoms with E-state index in [0.29, 0.717) is 0 Å². The van der Waals surface area contributed by atoms with Crippen LogP contribution in [-0.2, 0) is 13.1 Å². The molecule has 0 unspecified atom stereocenters. The third-order valence-electron chi connectivity index (χ3n) is 4.12. The molecule has 1 aromatic carbocycles. The Morgan fingerprint density at radius 2 is 2.14 bits per heavy atom. The predicted molar refractivity (Wildman–Crippen MR) is 92.1 cm³/mol. The van der Waals surface area contributed by atoms with Crippen molar-refractivity contribution in [3.05, 3.63) is 51.7 Å². The number of benzene rings is 1. The van der Waals surface area contributed by atoms with E-state index in [4.69, 9.17) is 0 Å². The highest BCUT2D eigenvalue weighted by molar-refractivity contribution is 7.09. The zero-order valence-corrected chi connectivity index (χ0v) is 13.7. The normalized spacial score (nSPS) is 14.4. The van der Waals surface area contributed by atoms with E-state index in [1.165, 1.54) is 34.5 Å². The number of hydrogen-bond acceptors (Lipinski definition) is 3.